The predicted octanol–water partition coefficient (Wildman–Crippen LogP) is 4.43. The number of hydrogen-bond acceptors (Lipinski definition) is 3. The van der Waals surface area contributed by atoms with Crippen LogP contribution < -0.4 is 5.32 Å². The second kappa shape index (κ2) is 9.16. The first-order chi connectivity index (χ1) is 11.8. The number of nitrogens with one attached hydrogen (secondary N) is 1. The van der Waals surface area contributed by atoms with Crippen molar-refractivity contribution in [2.45, 2.75) is 31.7 Å². The lowest BCUT2D eigenvalue weighted by Gasteiger charge is -2.19. The van der Waals surface area contributed by atoms with Gasteiger partial charge in [-0.05, 0) is 68.0 Å². The predicted molar refractivity (Wildman–Crippen MR) is 98.3 cm³/mol. The highest BCUT2D eigenvalue weighted by atomic mass is 35.5. The molecule has 3 nitrogen and oxygen atoms in total. The number of halogens is 1. The highest BCUT2D eigenvalue weighted by Crippen LogP contribution is 2.20. The van der Waals surface area contributed by atoms with E-state index in [4.69, 9.17) is 16.3 Å². The van der Waals surface area contributed by atoms with Crippen molar-refractivity contribution in [3.63, 3.8) is 0 Å². The van der Waals surface area contributed by atoms with E-state index in [-0.39, 0.29) is 6.04 Å². The van der Waals surface area contributed by atoms with E-state index in [1.807, 2.05) is 24.4 Å². The molecule has 0 bridgehead atoms. The maximum Gasteiger partial charge on any atom is 0.0576 e. The number of ether oxygens (including phenoxy) is 1. The van der Waals surface area contributed by atoms with Crippen molar-refractivity contribution >= 4 is 11.6 Å². The number of nitrogens with zero attached hydrogens (tertiary/aromatic N) is 1. The topological polar surface area (TPSA) is 34.1 Å². The summed E-state index contributed by atoms with van der Waals surface area (Å²) in [6.45, 7) is 2.88. The summed E-state index contributed by atoms with van der Waals surface area (Å²) in [6.07, 6.45) is 6.41. The average Bonchev–Trinajstić information content (AvgIpc) is 3.13. The molecule has 0 radical (unpaired) electrons. The molecule has 2 unspecified atom stereocenters. The van der Waals surface area contributed by atoms with Gasteiger partial charge in [-0.2, -0.15) is 0 Å². The molecule has 2 atom stereocenters. The van der Waals surface area contributed by atoms with Crippen LogP contribution in [0, 0.1) is 5.92 Å². The molecule has 1 aliphatic heterocycles. The molecule has 1 aromatic carbocycles. The molecule has 0 aliphatic carbocycles. The van der Waals surface area contributed by atoms with Crippen LogP contribution in [-0.2, 0) is 11.2 Å². The molecule has 0 saturated carbocycles. The number of pyridine rings is 1. The van der Waals surface area contributed by atoms with Crippen LogP contribution in [0.4, 0.5) is 0 Å². The maximum atomic E-state index is 5.99. The van der Waals surface area contributed by atoms with Crippen molar-refractivity contribution in [3.05, 3.63) is 64.9 Å². The fourth-order valence-corrected chi connectivity index (χ4v) is 3.32. The maximum absolute atomic E-state index is 5.99. The minimum Gasteiger partial charge on any atom is -0.381 e. The summed E-state index contributed by atoms with van der Waals surface area (Å²) in [7, 11) is 0. The van der Waals surface area contributed by atoms with E-state index in [2.05, 4.69) is 34.6 Å². The zero-order chi connectivity index (χ0) is 16.6. The van der Waals surface area contributed by atoms with Crippen LogP contribution in [0.2, 0.25) is 5.02 Å². The summed E-state index contributed by atoms with van der Waals surface area (Å²) >= 11 is 5.99. The van der Waals surface area contributed by atoms with E-state index in [0.717, 1.165) is 42.8 Å². The van der Waals surface area contributed by atoms with E-state index < -0.39 is 0 Å². The van der Waals surface area contributed by atoms with Crippen LogP contribution in [0.25, 0.3) is 0 Å². The van der Waals surface area contributed by atoms with Gasteiger partial charge in [-0.3, -0.25) is 4.98 Å². The van der Waals surface area contributed by atoms with Gasteiger partial charge in [-0.25, -0.2) is 0 Å². The molecule has 4 heteroatoms. The summed E-state index contributed by atoms with van der Waals surface area (Å²) in [5, 5.41) is 4.46. The van der Waals surface area contributed by atoms with Crippen LogP contribution in [0.3, 0.4) is 0 Å². The van der Waals surface area contributed by atoms with Gasteiger partial charge in [0.2, 0.25) is 0 Å². The van der Waals surface area contributed by atoms with Gasteiger partial charge in [0.05, 0.1) is 11.7 Å². The molecular weight excluding hydrogens is 320 g/mol. The van der Waals surface area contributed by atoms with Crippen LogP contribution in [0.1, 0.15) is 36.6 Å². The smallest absolute Gasteiger partial charge is 0.0576 e. The van der Waals surface area contributed by atoms with E-state index in [1.165, 1.54) is 24.8 Å². The Bertz CT molecular complexity index is 597. The summed E-state index contributed by atoms with van der Waals surface area (Å²) < 4.78 is 5.45. The standard InChI is InChI=1S/C20H25ClN2O/c21-18-8-6-16(7-9-18)14-20(19-5-1-2-11-22-19)23-12-3-4-17-10-13-24-15-17/h1-2,5-9,11,17,20,23H,3-4,10,12-15H2. The van der Waals surface area contributed by atoms with Gasteiger partial charge in [-0.15, -0.1) is 0 Å². The number of hydrogen-bond donors (Lipinski definition) is 1. The molecule has 24 heavy (non-hydrogen) atoms. The largest absolute Gasteiger partial charge is 0.381 e. The molecule has 1 saturated heterocycles. The number of aromatic nitrogens is 1. The van der Waals surface area contributed by atoms with Gasteiger partial charge in [0.15, 0.2) is 0 Å². The number of rotatable bonds is 8. The molecule has 3 rings (SSSR count). The summed E-state index contributed by atoms with van der Waals surface area (Å²) in [5.41, 5.74) is 2.36. The lowest BCUT2D eigenvalue weighted by Crippen LogP contribution is -2.25. The second-order valence-electron chi connectivity index (χ2n) is 6.46. The van der Waals surface area contributed by atoms with Gasteiger partial charge in [0.1, 0.15) is 0 Å². The Kier molecular flexibility index (Phi) is 6.65. The van der Waals surface area contributed by atoms with Crippen molar-refractivity contribution in [1.29, 1.82) is 0 Å². The van der Waals surface area contributed by atoms with Crippen molar-refractivity contribution in [3.8, 4) is 0 Å². The lowest BCUT2D eigenvalue weighted by molar-refractivity contribution is 0.183. The van der Waals surface area contributed by atoms with Gasteiger partial charge >= 0.3 is 0 Å². The molecule has 2 aromatic rings. The highest BCUT2D eigenvalue weighted by molar-refractivity contribution is 6.30. The molecular formula is C20H25ClN2O. The molecule has 128 valence electrons. The number of benzene rings is 1. The monoisotopic (exact) mass is 344 g/mol. The van der Waals surface area contributed by atoms with Gasteiger partial charge in [-0.1, -0.05) is 29.8 Å². The third-order valence-electron chi connectivity index (χ3n) is 4.60. The first-order valence-electron chi connectivity index (χ1n) is 8.78. The summed E-state index contributed by atoms with van der Waals surface area (Å²) in [4.78, 5) is 4.54. The molecule has 1 N–H and O–H groups in total. The van der Waals surface area contributed by atoms with E-state index in [9.17, 15) is 0 Å². The molecule has 1 aromatic heterocycles. The lowest BCUT2D eigenvalue weighted by atomic mass is 10.0. The van der Waals surface area contributed by atoms with E-state index >= 15 is 0 Å². The van der Waals surface area contributed by atoms with Crippen molar-refractivity contribution in [2.24, 2.45) is 5.92 Å². The summed E-state index contributed by atoms with van der Waals surface area (Å²) in [6, 6.07) is 14.4. The third-order valence-corrected chi connectivity index (χ3v) is 4.85. The molecule has 0 amide bonds. The quantitative estimate of drug-likeness (QED) is 0.719. The Balaban J connectivity index is 1.56. The Morgan fingerprint density at radius 1 is 1.21 bits per heavy atom. The summed E-state index contributed by atoms with van der Waals surface area (Å²) in [5.74, 6) is 0.747. The first kappa shape index (κ1) is 17.4. The zero-order valence-electron chi connectivity index (χ0n) is 14.0. The van der Waals surface area contributed by atoms with Gasteiger partial charge < -0.3 is 10.1 Å². The fraction of sp³-hybridized carbons (Fsp3) is 0.450. The minimum absolute atomic E-state index is 0.229. The highest BCUT2D eigenvalue weighted by Gasteiger charge is 2.16. The second-order valence-corrected chi connectivity index (χ2v) is 6.90. The molecule has 1 aliphatic rings. The molecule has 0 spiro atoms. The van der Waals surface area contributed by atoms with Crippen molar-refractivity contribution < 1.29 is 4.74 Å². The Morgan fingerprint density at radius 2 is 2.08 bits per heavy atom. The van der Waals surface area contributed by atoms with Crippen LogP contribution >= 0.6 is 11.6 Å². The first-order valence-corrected chi connectivity index (χ1v) is 9.15. The Labute approximate surface area is 149 Å². The van der Waals surface area contributed by atoms with Gasteiger partial charge in [0.25, 0.3) is 0 Å². The van der Waals surface area contributed by atoms with Crippen molar-refractivity contribution in [2.75, 3.05) is 19.8 Å². The van der Waals surface area contributed by atoms with E-state index in [0.29, 0.717) is 0 Å². The van der Waals surface area contributed by atoms with Crippen LogP contribution in [-0.4, -0.2) is 24.7 Å². The Hall–Kier alpha value is -1.42. The average molecular weight is 345 g/mol. The minimum atomic E-state index is 0.229. The molecule has 2 heterocycles. The fourth-order valence-electron chi connectivity index (χ4n) is 3.20. The zero-order valence-corrected chi connectivity index (χ0v) is 14.7. The van der Waals surface area contributed by atoms with Crippen molar-refractivity contribution in [1.82, 2.24) is 10.3 Å². The normalized spacial score (nSPS) is 18.6. The third kappa shape index (κ3) is 5.30. The van der Waals surface area contributed by atoms with Crippen LogP contribution in [0.15, 0.2) is 48.7 Å². The van der Waals surface area contributed by atoms with Gasteiger partial charge in [0, 0.05) is 24.4 Å². The SMILES string of the molecule is Clc1ccc(CC(NCCCC2CCOC2)c2ccccn2)cc1. The van der Waals surface area contributed by atoms with Crippen LogP contribution in [0.5, 0.6) is 0 Å². The molecule has 1 fully saturated rings. The Morgan fingerprint density at radius 3 is 2.79 bits per heavy atom. The van der Waals surface area contributed by atoms with E-state index in [1.54, 1.807) is 0 Å².